The monoisotopic (exact) mass is 209 g/mol. The van der Waals surface area contributed by atoms with E-state index in [4.69, 9.17) is 0 Å². The lowest BCUT2D eigenvalue weighted by Gasteiger charge is -2.01. The molecule has 1 rings (SSSR count). The largest absolute Gasteiger partial charge is 0.466 e. The normalized spacial score (nSPS) is 10.5. The van der Waals surface area contributed by atoms with Gasteiger partial charge in [-0.2, -0.15) is 0 Å². The molecule has 0 radical (unpaired) electrons. The summed E-state index contributed by atoms with van der Waals surface area (Å²) in [5.41, 5.74) is 0. The van der Waals surface area contributed by atoms with Gasteiger partial charge in [0.2, 0.25) is 0 Å². The van der Waals surface area contributed by atoms with E-state index in [0.717, 1.165) is 18.8 Å². The van der Waals surface area contributed by atoms with Crippen LogP contribution in [0.5, 0.6) is 0 Å². The molecular formula is C10H15N3O2. The lowest BCUT2D eigenvalue weighted by Crippen LogP contribution is -2.13. The van der Waals surface area contributed by atoms with E-state index in [-0.39, 0.29) is 5.97 Å². The van der Waals surface area contributed by atoms with Crippen LogP contribution in [0.25, 0.3) is 0 Å². The average Bonchev–Trinajstić information content (AvgIpc) is 2.63. The molecule has 5 nitrogen and oxygen atoms in total. The van der Waals surface area contributed by atoms with Gasteiger partial charge in [-0.3, -0.25) is 0 Å². The van der Waals surface area contributed by atoms with Crippen molar-refractivity contribution < 1.29 is 9.53 Å². The average molecular weight is 209 g/mol. The molecule has 0 saturated carbocycles. The van der Waals surface area contributed by atoms with Crippen molar-refractivity contribution in [3.8, 4) is 0 Å². The van der Waals surface area contributed by atoms with Crippen molar-refractivity contribution in [2.24, 2.45) is 7.05 Å². The number of carbonyl (C=O) groups is 1. The number of carbonyl (C=O) groups excluding carboxylic acids is 1. The second kappa shape index (κ2) is 5.85. The zero-order valence-electron chi connectivity index (χ0n) is 8.93. The number of aromatic nitrogens is 2. The van der Waals surface area contributed by atoms with Crippen LogP contribution < -0.4 is 5.32 Å². The molecule has 0 aliphatic rings. The van der Waals surface area contributed by atoms with Crippen molar-refractivity contribution in [2.45, 2.75) is 6.42 Å². The highest BCUT2D eigenvalue weighted by Gasteiger charge is 1.96. The van der Waals surface area contributed by atoms with Crippen LogP contribution in [-0.2, 0) is 23.0 Å². The fourth-order valence-corrected chi connectivity index (χ4v) is 1.10. The van der Waals surface area contributed by atoms with E-state index in [1.165, 1.54) is 13.2 Å². The molecule has 0 aromatic carbocycles. The highest BCUT2D eigenvalue weighted by molar-refractivity contribution is 5.81. The van der Waals surface area contributed by atoms with Gasteiger partial charge in [-0.15, -0.1) is 0 Å². The van der Waals surface area contributed by atoms with Crippen LogP contribution in [0.15, 0.2) is 24.7 Å². The Morgan fingerprint density at radius 2 is 2.53 bits per heavy atom. The Bertz CT molecular complexity index is 344. The van der Waals surface area contributed by atoms with Gasteiger partial charge in [0.15, 0.2) is 0 Å². The maximum atomic E-state index is 10.7. The van der Waals surface area contributed by atoms with Crippen molar-refractivity contribution in [3.63, 3.8) is 0 Å². The van der Waals surface area contributed by atoms with Gasteiger partial charge in [-0.05, 0) is 0 Å². The van der Waals surface area contributed by atoms with Gasteiger partial charge in [0.1, 0.15) is 5.82 Å². The molecule has 82 valence electrons. The highest BCUT2D eigenvalue weighted by atomic mass is 16.5. The molecule has 1 aromatic rings. The number of methoxy groups -OCH3 is 1. The number of aryl methyl sites for hydroxylation is 1. The lowest BCUT2D eigenvalue weighted by molar-refractivity contribution is -0.134. The third-order valence-electron chi connectivity index (χ3n) is 1.95. The summed E-state index contributed by atoms with van der Waals surface area (Å²) in [6.45, 7) is 0.734. The Hall–Kier alpha value is -1.78. The van der Waals surface area contributed by atoms with E-state index in [1.54, 1.807) is 12.4 Å². The molecule has 15 heavy (non-hydrogen) atoms. The summed E-state index contributed by atoms with van der Waals surface area (Å²) in [6, 6.07) is 0. The SMILES string of the molecule is COC(=O)/C=C/NCCc1nccn1C. The number of esters is 1. The lowest BCUT2D eigenvalue weighted by atomic mass is 10.4. The zero-order valence-corrected chi connectivity index (χ0v) is 8.93. The van der Waals surface area contributed by atoms with Crippen molar-refractivity contribution in [1.82, 2.24) is 14.9 Å². The minimum absolute atomic E-state index is 0.362. The van der Waals surface area contributed by atoms with E-state index in [9.17, 15) is 4.79 Å². The Morgan fingerprint density at radius 1 is 1.73 bits per heavy atom. The molecule has 0 unspecified atom stereocenters. The molecule has 1 N–H and O–H groups in total. The quantitative estimate of drug-likeness (QED) is 0.429. The number of hydrogen-bond donors (Lipinski definition) is 1. The molecule has 0 aliphatic carbocycles. The topological polar surface area (TPSA) is 56.1 Å². The molecule has 1 heterocycles. The van der Waals surface area contributed by atoms with Crippen LogP contribution in [0, 0.1) is 0 Å². The molecule has 5 heteroatoms. The van der Waals surface area contributed by atoms with Crippen molar-refractivity contribution in [2.75, 3.05) is 13.7 Å². The van der Waals surface area contributed by atoms with Crippen molar-refractivity contribution in [1.29, 1.82) is 0 Å². The number of nitrogens with zero attached hydrogens (tertiary/aromatic N) is 2. The predicted molar refractivity (Wildman–Crippen MR) is 56.1 cm³/mol. The Morgan fingerprint density at radius 3 is 3.13 bits per heavy atom. The molecule has 0 fully saturated rings. The maximum absolute atomic E-state index is 10.7. The third-order valence-corrected chi connectivity index (χ3v) is 1.95. The van der Waals surface area contributed by atoms with Gasteiger partial charge in [0.25, 0.3) is 0 Å². The van der Waals surface area contributed by atoms with Gasteiger partial charge >= 0.3 is 5.97 Å². The Kier molecular flexibility index (Phi) is 4.40. The van der Waals surface area contributed by atoms with E-state index >= 15 is 0 Å². The first-order chi connectivity index (χ1) is 7.24. The fraction of sp³-hybridized carbons (Fsp3) is 0.400. The first-order valence-electron chi connectivity index (χ1n) is 4.68. The summed E-state index contributed by atoms with van der Waals surface area (Å²) in [7, 11) is 3.30. The molecule has 0 spiro atoms. The van der Waals surface area contributed by atoms with Gasteiger partial charge in [0.05, 0.1) is 7.11 Å². The molecular weight excluding hydrogens is 194 g/mol. The smallest absolute Gasteiger partial charge is 0.331 e. The minimum Gasteiger partial charge on any atom is -0.466 e. The van der Waals surface area contributed by atoms with Crippen LogP contribution >= 0.6 is 0 Å². The van der Waals surface area contributed by atoms with E-state index in [0.29, 0.717) is 0 Å². The standard InChI is InChI=1S/C10H15N3O2/c1-13-8-7-12-9(13)3-5-11-6-4-10(14)15-2/h4,6-8,11H,3,5H2,1-2H3/b6-4+. The first-order valence-corrected chi connectivity index (χ1v) is 4.68. The summed E-state index contributed by atoms with van der Waals surface area (Å²) < 4.78 is 6.40. The van der Waals surface area contributed by atoms with Crippen LogP contribution in [0.4, 0.5) is 0 Å². The van der Waals surface area contributed by atoms with Crippen molar-refractivity contribution in [3.05, 3.63) is 30.5 Å². The number of nitrogens with one attached hydrogen (secondary N) is 1. The summed E-state index contributed by atoms with van der Waals surface area (Å²) >= 11 is 0. The fourth-order valence-electron chi connectivity index (χ4n) is 1.10. The second-order valence-corrected chi connectivity index (χ2v) is 3.01. The number of hydrogen-bond acceptors (Lipinski definition) is 4. The molecule has 1 aromatic heterocycles. The molecule has 0 atom stereocenters. The number of ether oxygens (including phenoxy) is 1. The number of imidazole rings is 1. The molecule has 0 bridgehead atoms. The van der Waals surface area contributed by atoms with E-state index in [2.05, 4.69) is 15.0 Å². The Balaban J connectivity index is 2.20. The summed E-state index contributed by atoms with van der Waals surface area (Å²) in [6.07, 6.45) is 7.40. The van der Waals surface area contributed by atoms with E-state index in [1.807, 2.05) is 17.8 Å². The minimum atomic E-state index is -0.362. The maximum Gasteiger partial charge on any atom is 0.331 e. The predicted octanol–water partition coefficient (Wildman–Crippen LogP) is 0.239. The summed E-state index contributed by atoms with van der Waals surface area (Å²) in [5.74, 6) is 0.647. The Labute approximate surface area is 88.8 Å². The van der Waals surface area contributed by atoms with Crippen LogP contribution in [0.2, 0.25) is 0 Å². The summed E-state index contributed by atoms with van der Waals surface area (Å²) in [5, 5.41) is 2.98. The second-order valence-electron chi connectivity index (χ2n) is 3.01. The highest BCUT2D eigenvalue weighted by Crippen LogP contribution is 1.93. The molecule has 0 amide bonds. The van der Waals surface area contributed by atoms with Crippen LogP contribution in [-0.4, -0.2) is 29.2 Å². The van der Waals surface area contributed by atoms with Gasteiger partial charge in [-0.25, -0.2) is 9.78 Å². The van der Waals surface area contributed by atoms with Crippen LogP contribution in [0.3, 0.4) is 0 Å². The first kappa shape index (κ1) is 11.3. The van der Waals surface area contributed by atoms with Crippen LogP contribution in [0.1, 0.15) is 5.82 Å². The summed E-state index contributed by atoms with van der Waals surface area (Å²) in [4.78, 5) is 14.9. The number of rotatable bonds is 5. The van der Waals surface area contributed by atoms with Gasteiger partial charge in [0, 0.05) is 44.7 Å². The zero-order chi connectivity index (χ0) is 11.1. The van der Waals surface area contributed by atoms with E-state index < -0.39 is 0 Å². The molecule has 0 aliphatic heterocycles. The molecule has 0 saturated heterocycles. The third kappa shape index (κ3) is 3.84. The van der Waals surface area contributed by atoms with Gasteiger partial charge < -0.3 is 14.6 Å². The van der Waals surface area contributed by atoms with Gasteiger partial charge in [-0.1, -0.05) is 0 Å². The van der Waals surface area contributed by atoms with Crippen molar-refractivity contribution >= 4 is 5.97 Å².